The van der Waals surface area contributed by atoms with Crippen LogP contribution in [-0.4, -0.2) is 37.2 Å². The summed E-state index contributed by atoms with van der Waals surface area (Å²) in [6.07, 6.45) is -1.97. The first-order valence-electron chi connectivity index (χ1n) is 4.70. The first-order valence-corrected chi connectivity index (χ1v) is 6.98. The van der Waals surface area contributed by atoms with Crippen molar-refractivity contribution < 1.29 is 32.2 Å². The third-order valence-corrected chi connectivity index (χ3v) is 4.37. The average molecular weight is 360 g/mol. The summed E-state index contributed by atoms with van der Waals surface area (Å²) in [5, 5.41) is 17.3. The number of benzene rings is 1. The second-order valence-corrected chi connectivity index (χ2v) is 5.96. The smallest absolute Gasteiger partial charge is 0.333 e. The molecule has 6 nitrogen and oxygen atoms in total. The highest BCUT2D eigenvalue weighted by Gasteiger charge is 2.25. The largest absolute Gasteiger partial charge is 0.479 e. The number of carboxylic acid groups (broad SMARTS) is 1. The maximum absolute atomic E-state index is 13.4. The van der Waals surface area contributed by atoms with Crippen molar-refractivity contribution >= 4 is 31.9 Å². The van der Waals surface area contributed by atoms with Gasteiger partial charge in [-0.3, -0.25) is 0 Å². The highest BCUT2D eigenvalue weighted by atomic mass is 79.9. The number of hydrogen-bond donors (Lipinski definition) is 3. The average Bonchev–Trinajstić information content (AvgIpc) is 2.23. The van der Waals surface area contributed by atoms with E-state index in [4.69, 9.17) is 10.2 Å². The Morgan fingerprint density at radius 3 is 2.47 bits per heavy atom. The van der Waals surface area contributed by atoms with Gasteiger partial charge in [0.1, 0.15) is 16.5 Å². The van der Waals surface area contributed by atoms with E-state index >= 15 is 0 Å². The van der Waals surface area contributed by atoms with Crippen molar-refractivity contribution in [3.05, 3.63) is 28.2 Å². The van der Waals surface area contributed by atoms with Crippen LogP contribution in [-0.2, 0) is 14.8 Å². The number of carbonyl (C=O) groups is 1. The molecule has 0 aliphatic rings. The molecule has 0 aromatic heterocycles. The summed E-state index contributed by atoms with van der Waals surface area (Å²) in [5.74, 6) is -3.96. The van der Waals surface area contributed by atoms with Crippen LogP contribution in [0.15, 0.2) is 21.5 Å². The number of halogens is 3. The number of nitrogens with one attached hydrogen (secondary N) is 1. The normalized spacial score (nSPS) is 13.3. The van der Waals surface area contributed by atoms with Crippen molar-refractivity contribution in [1.82, 2.24) is 4.72 Å². The summed E-state index contributed by atoms with van der Waals surface area (Å²) in [5.41, 5.74) is 0. The molecule has 0 amide bonds. The third-order valence-electron chi connectivity index (χ3n) is 1.98. The molecule has 0 bridgehead atoms. The van der Waals surface area contributed by atoms with Gasteiger partial charge in [0.15, 0.2) is 6.10 Å². The van der Waals surface area contributed by atoms with Crippen LogP contribution in [0.2, 0.25) is 0 Å². The minimum absolute atomic E-state index is 0.359. The third kappa shape index (κ3) is 3.93. The zero-order chi connectivity index (χ0) is 14.8. The molecule has 1 aromatic rings. The quantitative estimate of drug-likeness (QED) is 0.708. The van der Waals surface area contributed by atoms with Crippen molar-refractivity contribution in [3.8, 4) is 0 Å². The molecule has 0 saturated heterocycles. The monoisotopic (exact) mass is 359 g/mol. The number of carboxylic acids is 1. The molecule has 0 heterocycles. The van der Waals surface area contributed by atoms with E-state index in [1.54, 1.807) is 4.72 Å². The minimum atomic E-state index is -4.43. The molecule has 106 valence electrons. The Bertz CT molecular complexity index is 584. The molecule has 0 spiro atoms. The van der Waals surface area contributed by atoms with Gasteiger partial charge < -0.3 is 10.2 Å². The summed E-state index contributed by atoms with van der Waals surface area (Å²) in [6, 6.07) is 1.11. The predicted molar refractivity (Wildman–Crippen MR) is 62.9 cm³/mol. The van der Waals surface area contributed by atoms with Crippen molar-refractivity contribution in [2.75, 3.05) is 6.54 Å². The minimum Gasteiger partial charge on any atom is -0.479 e. The zero-order valence-corrected chi connectivity index (χ0v) is 11.5. The SMILES string of the molecule is O=C(O)C(O)CNS(=O)(=O)c1c(F)cc(F)cc1Br. The molecule has 0 aliphatic heterocycles. The molecular formula is C9H8BrF2NO5S. The number of rotatable bonds is 5. The van der Waals surface area contributed by atoms with Gasteiger partial charge in [0.05, 0.1) is 0 Å². The van der Waals surface area contributed by atoms with Crippen LogP contribution in [0, 0.1) is 11.6 Å². The van der Waals surface area contributed by atoms with Crippen LogP contribution in [0.1, 0.15) is 0 Å². The summed E-state index contributed by atoms with van der Waals surface area (Å²) >= 11 is 2.69. The number of hydrogen-bond acceptors (Lipinski definition) is 4. The molecule has 0 aliphatic carbocycles. The lowest BCUT2D eigenvalue weighted by Gasteiger charge is -2.11. The second-order valence-electron chi connectivity index (χ2n) is 3.40. The first kappa shape index (κ1) is 16.0. The van der Waals surface area contributed by atoms with Gasteiger partial charge in [-0.25, -0.2) is 26.7 Å². The van der Waals surface area contributed by atoms with Gasteiger partial charge in [-0.05, 0) is 22.0 Å². The fourth-order valence-electron chi connectivity index (χ4n) is 1.13. The van der Waals surface area contributed by atoms with E-state index in [1.165, 1.54) is 0 Å². The van der Waals surface area contributed by atoms with Crippen LogP contribution in [0.25, 0.3) is 0 Å². The van der Waals surface area contributed by atoms with E-state index in [-0.39, 0.29) is 4.47 Å². The Morgan fingerprint density at radius 2 is 2.00 bits per heavy atom. The molecule has 1 atom stereocenters. The fourth-order valence-corrected chi connectivity index (χ4v) is 3.33. The topological polar surface area (TPSA) is 104 Å². The molecule has 1 aromatic carbocycles. The molecule has 0 saturated carbocycles. The Balaban J connectivity index is 3.05. The van der Waals surface area contributed by atoms with Gasteiger partial charge in [0, 0.05) is 17.1 Å². The van der Waals surface area contributed by atoms with Crippen LogP contribution in [0.5, 0.6) is 0 Å². The summed E-state index contributed by atoms with van der Waals surface area (Å²) in [6.45, 7) is -0.846. The fraction of sp³-hybridized carbons (Fsp3) is 0.222. The lowest BCUT2D eigenvalue weighted by atomic mass is 10.3. The first-order chi connectivity index (χ1) is 8.65. The van der Waals surface area contributed by atoms with E-state index in [2.05, 4.69) is 15.9 Å². The summed E-state index contributed by atoms with van der Waals surface area (Å²) in [4.78, 5) is 9.44. The Hall–Kier alpha value is -1.10. The maximum atomic E-state index is 13.4. The standard InChI is InChI=1S/C9H8BrF2NO5S/c10-5-1-4(11)2-6(12)8(5)19(17,18)13-3-7(14)9(15)16/h1-2,7,13-14H,3H2,(H,15,16). The zero-order valence-electron chi connectivity index (χ0n) is 9.10. The molecule has 0 fully saturated rings. The maximum Gasteiger partial charge on any atom is 0.333 e. The van der Waals surface area contributed by atoms with Crippen molar-refractivity contribution in [3.63, 3.8) is 0 Å². The molecule has 3 N–H and O–H groups in total. The van der Waals surface area contributed by atoms with Gasteiger partial charge in [0.25, 0.3) is 0 Å². The van der Waals surface area contributed by atoms with Crippen LogP contribution < -0.4 is 4.72 Å². The van der Waals surface area contributed by atoms with Crippen molar-refractivity contribution in [2.45, 2.75) is 11.0 Å². The molecule has 0 radical (unpaired) electrons. The molecule has 1 rings (SSSR count). The lowest BCUT2D eigenvalue weighted by molar-refractivity contribution is -0.146. The second kappa shape index (κ2) is 5.90. The van der Waals surface area contributed by atoms with E-state index in [0.717, 1.165) is 6.07 Å². The Morgan fingerprint density at radius 1 is 1.42 bits per heavy atom. The van der Waals surface area contributed by atoms with Gasteiger partial charge in [-0.15, -0.1) is 0 Å². The molecule has 1 unspecified atom stereocenters. The van der Waals surface area contributed by atoms with Crippen molar-refractivity contribution in [2.24, 2.45) is 0 Å². The van der Waals surface area contributed by atoms with Crippen molar-refractivity contribution in [1.29, 1.82) is 0 Å². The van der Waals surface area contributed by atoms with Gasteiger partial charge in [0.2, 0.25) is 10.0 Å². The molecule has 10 heteroatoms. The number of sulfonamides is 1. The van der Waals surface area contributed by atoms with Gasteiger partial charge in [-0.2, -0.15) is 0 Å². The summed E-state index contributed by atoms with van der Waals surface area (Å²) in [7, 11) is -4.43. The van der Waals surface area contributed by atoms with E-state index in [1.807, 2.05) is 0 Å². The highest BCUT2D eigenvalue weighted by Crippen LogP contribution is 2.25. The van der Waals surface area contributed by atoms with E-state index < -0.39 is 45.2 Å². The van der Waals surface area contributed by atoms with E-state index in [0.29, 0.717) is 6.07 Å². The number of aliphatic carboxylic acids is 1. The highest BCUT2D eigenvalue weighted by molar-refractivity contribution is 9.10. The van der Waals surface area contributed by atoms with Gasteiger partial charge >= 0.3 is 5.97 Å². The molecule has 19 heavy (non-hydrogen) atoms. The van der Waals surface area contributed by atoms with Gasteiger partial charge in [-0.1, -0.05) is 0 Å². The lowest BCUT2D eigenvalue weighted by Crippen LogP contribution is -2.36. The van der Waals surface area contributed by atoms with Crippen LogP contribution in [0.4, 0.5) is 8.78 Å². The number of aliphatic hydroxyl groups is 1. The molecular weight excluding hydrogens is 352 g/mol. The summed E-state index contributed by atoms with van der Waals surface area (Å²) < 4.78 is 51.0. The number of aliphatic hydroxyl groups excluding tert-OH is 1. The Labute approximate surface area is 115 Å². The predicted octanol–water partition coefficient (Wildman–Crippen LogP) is 0.451. The Kier molecular flexibility index (Phi) is 4.96. The van der Waals surface area contributed by atoms with Crippen LogP contribution in [0.3, 0.4) is 0 Å². The van der Waals surface area contributed by atoms with Crippen LogP contribution >= 0.6 is 15.9 Å². The van der Waals surface area contributed by atoms with E-state index in [9.17, 15) is 22.0 Å².